The van der Waals surface area contributed by atoms with Gasteiger partial charge in [0.15, 0.2) is 11.5 Å². The molecule has 2 atom stereocenters. The van der Waals surface area contributed by atoms with Crippen LogP contribution in [-0.2, 0) is 14.4 Å². The van der Waals surface area contributed by atoms with Gasteiger partial charge in [-0.25, -0.2) is 4.39 Å². The molecule has 3 nitrogen and oxygen atoms in total. The third-order valence-electron chi connectivity index (χ3n) is 3.75. The normalized spacial score (nSPS) is 13.4. The van der Waals surface area contributed by atoms with Crippen LogP contribution < -0.4 is 0 Å². The van der Waals surface area contributed by atoms with Crippen LogP contribution in [0, 0.1) is 5.92 Å². The molecular formula is C20H39FO3. The number of ketones is 3. The first kappa shape index (κ1) is 27.8. The maximum Gasteiger partial charge on any atom is 0.166 e. The van der Waals surface area contributed by atoms with Gasteiger partial charge in [-0.3, -0.25) is 9.59 Å². The molecule has 0 heterocycles. The SMILES string of the molecule is CCCC(C)(F)C(C)=O.CCCC(C)C(C)=O.CCCCC(C)=O. The standard InChI is InChI=1S/C7H13FO.C7H14O.C6H12O/c1-4-5-7(3,8)6(2)9;1-4-5-6(2)7(3)8;1-3-4-5-6(2)7/h4-5H2,1-3H3;6H,4-5H2,1-3H3;3-5H2,1-2H3. The molecular weight excluding hydrogens is 307 g/mol. The second kappa shape index (κ2) is 16.8. The third-order valence-corrected chi connectivity index (χ3v) is 3.75. The number of halogens is 1. The van der Waals surface area contributed by atoms with Crippen molar-refractivity contribution in [3.63, 3.8) is 0 Å². The predicted molar refractivity (Wildman–Crippen MR) is 100 cm³/mol. The molecule has 0 aliphatic heterocycles. The molecule has 0 N–H and O–H groups in total. The summed E-state index contributed by atoms with van der Waals surface area (Å²) in [5, 5.41) is 0. The lowest BCUT2D eigenvalue weighted by Crippen LogP contribution is -2.26. The van der Waals surface area contributed by atoms with Crippen molar-refractivity contribution in [3.05, 3.63) is 0 Å². The first-order valence-corrected chi connectivity index (χ1v) is 9.15. The fourth-order valence-electron chi connectivity index (χ4n) is 1.71. The van der Waals surface area contributed by atoms with Gasteiger partial charge in [0, 0.05) is 12.3 Å². The Morgan fingerprint density at radius 3 is 1.58 bits per heavy atom. The molecule has 0 saturated carbocycles. The lowest BCUT2D eigenvalue weighted by atomic mass is 9.99. The van der Waals surface area contributed by atoms with Crippen LogP contribution in [0.15, 0.2) is 0 Å². The van der Waals surface area contributed by atoms with Crippen LogP contribution in [0.4, 0.5) is 4.39 Å². The van der Waals surface area contributed by atoms with Crippen molar-refractivity contribution in [3.8, 4) is 0 Å². The Bertz CT molecular complexity index is 349. The van der Waals surface area contributed by atoms with Gasteiger partial charge in [0.05, 0.1) is 0 Å². The van der Waals surface area contributed by atoms with Gasteiger partial charge >= 0.3 is 0 Å². The molecule has 0 saturated heterocycles. The molecule has 0 fully saturated rings. The largest absolute Gasteiger partial charge is 0.300 e. The van der Waals surface area contributed by atoms with Gasteiger partial charge < -0.3 is 4.79 Å². The van der Waals surface area contributed by atoms with Crippen molar-refractivity contribution in [2.75, 3.05) is 0 Å². The minimum absolute atomic E-state index is 0.278. The van der Waals surface area contributed by atoms with Crippen molar-refractivity contribution in [1.82, 2.24) is 0 Å². The van der Waals surface area contributed by atoms with E-state index in [9.17, 15) is 18.8 Å². The molecule has 144 valence electrons. The predicted octanol–water partition coefficient (Wildman–Crippen LogP) is 5.88. The van der Waals surface area contributed by atoms with Crippen molar-refractivity contribution in [2.45, 2.75) is 106 Å². The molecule has 0 rings (SSSR count). The Kier molecular flexibility index (Phi) is 19.4. The van der Waals surface area contributed by atoms with Crippen LogP contribution >= 0.6 is 0 Å². The average Bonchev–Trinajstić information content (AvgIpc) is 2.46. The molecule has 24 heavy (non-hydrogen) atoms. The number of alkyl halides is 1. The summed E-state index contributed by atoms with van der Waals surface area (Å²) in [7, 11) is 0. The number of unbranched alkanes of at least 4 members (excludes halogenated alkanes) is 1. The molecule has 0 bridgehead atoms. The van der Waals surface area contributed by atoms with Crippen LogP contribution in [0.1, 0.15) is 100 Å². The Balaban J connectivity index is -0.000000278. The molecule has 0 aromatic rings. The Morgan fingerprint density at radius 1 is 0.958 bits per heavy atom. The van der Waals surface area contributed by atoms with Gasteiger partial charge in [0.25, 0.3) is 0 Å². The van der Waals surface area contributed by atoms with Crippen LogP contribution in [0.5, 0.6) is 0 Å². The highest BCUT2D eigenvalue weighted by Gasteiger charge is 2.27. The van der Waals surface area contributed by atoms with E-state index in [-0.39, 0.29) is 11.7 Å². The second-order valence-electron chi connectivity index (χ2n) is 6.61. The van der Waals surface area contributed by atoms with E-state index in [2.05, 4.69) is 13.8 Å². The maximum absolute atomic E-state index is 12.9. The zero-order chi connectivity index (χ0) is 19.8. The molecule has 4 heteroatoms. The Labute approximate surface area is 148 Å². The minimum Gasteiger partial charge on any atom is -0.300 e. The number of hydrogen-bond acceptors (Lipinski definition) is 3. The molecule has 2 unspecified atom stereocenters. The summed E-state index contributed by atoms with van der Waals surface area (Å²) in [5.74, 6) is 0.526. The van der Waals surface area contributed by atoms with Gasteiger partial charge in [-0.1, -0.05) is 47.0 Å². The smallest absolute Gasteiger partial charge is 0.166 e. The summed E-state index contributed by atoms with van der Waals surface area (Å²) in [5.41, 5.74) is -1.59. The number of Topliss-reactive ketones (excluding diaryl/α,β-unsaturated/α-hetero) is 3. The van der Waals surface area contributed by atoms with Gasteiger partial charge in [-0.15, -0.1) is 0 Å². The van der Waals surface area contributed by atoms with E-state index < -0.39 is 5.67 Å². The lowest BCUT2D eigenvalue weighted by molar-refractivity contribution is -0.127. The van der Waals surface area contributed by atoms with Crippen LogP contribution in [0.3, 0.4) is 0 Å². The van der Waals surface area contributed by atoms with Crippen molar-refractivity contribution < 1.29 is 18.8 Å². The highest BCUT2D eigenvalue weighted by atomic mass is 19.1. The maximum atomic E-state index is 12.9. The summed E-state index contributed by atoms with van der Waals surface area (Å²) >= 11 is 0. The molecule has 0 aromatic carbocycles. The van der Waals surface area contributed by atoms with E-state index >= 15 is 0 Å². The Hall–Kier alpha value is -1.06. The van der Waals surface area contributed by atoms with Crippen molar-refractivity contribution >= 4 is 17.3 Å². The van der Waals surface area contributed by atoms with Gasteiger partial charge in [-0.05, 0) is 47.0 Å². The van der Waals surface area contributed by atoms with Gasteiger partial charge in [0.2, 0.25) is 0 Å². The first-order chi connectivity index (χ1) is 11.0. The summed E-state index contributed by atoms with van der Waals surface area (Å²) < 4.78 is 12.9. The van der Waals surface area contributed by atoms with E-state index in [0.717, 1.165) is 32.1 Å². The summed E-state index contributed by atoms with van der Waals surface area (Å²) in [6.45, 7) is 13.9. The highest BCUT2D eigenvalue weighted by molar-refractivity contribution is 5.84. The fourth-order valence-corrected chi connectivity index (χ4v) is 1.71. The van der Waals surface area contributed by atoms with Gasteiger partial charge in [0.1, 0.15) is 11.6 Å². The highest BCUT2D eigenvalue weighted by Crippen LogP contribution is 2.17. The van der Waals surface area contributed by atoms with Crippen molar-refractivity contribution in [2.24, 2.45) is 5.92 Å². The number of carbonyl (C=O) groups excluding carboxylic acids is 3. The van der Waals surface area contributed by atoms with Crippen LogP contribution in [-0.4, -0.2) is 23.0 Å². The van der Waals surface area contributed by atoms with E-state index in [1.54, 1.807) is 13.8 Å². The van der Waals surface area contributed by atoms with E-state index in [1.165, 1.54) is 13.8 Å². The minimum atomic E-state index is -1.59. The molecule has 0 aromatic heterocycles. The summed E-state index contributed by atoms with van der Waals surface area (Å²) in [4.78, 5) is 31.2. The Morgan fingerprint density at radius 2 is 1.46 bits per heavy atom. The summed E-state index contributed by atoms with van der Waals surface area (Å²) in [6, 6.07) is 0. The van der Waals surface area contributed by atoms with E-state index in [0.29, 0.717) is 24.4 Å². The molecule has 0 radical (unpaired) electrons. The fraction of sp³-hybridized carbons (Fsp3) is 0.850. The second-order valence-corrected chi connectivity index (χ2v) is 6.61. The number of carbonyl (C=O) groups is 3. The summed E-state index contributed by atoms with van der Waals surface area (Å²) in [6.07, 6.45) is 6.14. The monoisotopic (exact) mass is 346 g/mol. The van der Waals surface area contributed by atoms with E-state index in [4.69, 9.17) is 0 Å². The lowest BCUT2D eigenvalue weighted by Gasteiger charge is -2.14. The molecule has 0 spiro atoms. The molecule has 0 amide bonds. The first-order valence-electron chi connectivity index (χ1n) is 9.15. The quantitative estimate of drug-likeness (QED) is 0.524. The van der Waals surface area contributed by atoms with Crippen LogP contribution in [0.25, 0.3) is 0 Å². The molecule has 0 aliphatic carbocycles. The van der Waals surface area contributed by atoms with Crippen LogP contribution in [0.2, 0.25) is 0 Å². The number of hydrogen-bond donors (Lipinski definition) is 0. The third kappa shape index (κ3) is 20.9. The average molecular weight is 347 g/mol. The zero-order valence-electron chi connectivity index (χ0n) is 17.1. The zero-order valence-corrected chi connectivity index (χ0v) is 17.1. The topological polar surface area (TPSA) is 51.2 Å². The van der Waals surface area contributed by atoms with E-state index in [1.807, 2.05) is 13.8 Å². The molecule has 0 aliphatic rings. The number of rotatable bonds is 9. The van der Waals surface area contributed by atoms with Gasteiger partial charge in [-0.2, -0.15) is 0 Å². The van der Waals surface area contributed by atoms with Crippen molar-refractivity contribution in [1.29, 1.82) is 0 Å².